The lowest BCUT2D eigenvalue weighted by molar-refractivity contribution is -0.140. The summed E-state index contributed by atoms with van der Waals surface area (Å²) in [7, 11) is 3.50. The van der Waals surface area contributed by atoms with E-state index in [1.54, 1.807) is 31.1 Å². The van der Waals surface area contributed by atoms with Crippen LogP contribution in [0.2, 0.25) is 0 Å². The first-order chi connectivity index (χ1) is 7.47. The van der Waals surface area contributed by atoms with E-state index in [2.05, 4.69) is 0 Å². The number of carbonyl (C=O) groups is 1. The first-order valence-electron chi connectivity index (χ1n) is 5.18. The lowest BCUT2D eigenvalue weighted by Gasteiger charge is -2.16. The van der Waals surface area contributed by atoms with E-state index in [1.807, 2.05) is 0 Å². The molecule has 1 aliphatic carbocycles. The number of hydrogen-bond acceptors (Lipinski definition) is 2. The molecule has 0 unspecified atom stereocenters. The number of benzene rings is 1. The number of nitrogens with zero attached hydrogens (tertiary/aromatic N) is 1. The maximum atomic E-state index is 13.7. The van der Waals surface area contributed by atoms with E-state index in [0.29, 0.717) is 24.1 Å². The lowest BCUT2D eigenvalue weighted by atomic mass is 9.96. The molecule has 1 N–H and O–H groups in total. The molecule has 0 spiro atoms. The van der Waals surface area contributed by atoms with Crippen LogP contribution in [-0.4, -0.2) is 25.2 Å². The molecule has 0 aromatic heterocycles. The molecular weight excluding hydrogens is 209 g/mol. The average molecular weight is 223 g/mol. The minimum Gasteiger partial charge on any atom is -0.481 e. The standard InChI is InChI=1S/C12H14FNO2/c1-14(2)10-4-3-8(7-9(10)13)12(5-6-12)11(15)16/h3-4,7H,5-6H2,1-2H3,(H,15,16). The van der Waals surface area contributed by atoms with Crippen molar-refractivity contribution in [1.29, 1.82) is 0 Å². The molecule has 86 valence electrons. The van der Waals surface area contributed by atoms with E-state index >= 15 is 0 Å². The Kier molecular flexibility index (Phi) is 2.37. The Labute approximate surface area is 93.5 Å². The molecular formula is C12H14FNO2. The van der Waals surface area contributed by atoms with Crippen LogP contribution in [0.15, 0.2) is 18.2 Å². The number of anilines is 1. The molecule has 1 aromatic carbocycles. The smallest absolute Gasteiger partial charge is 0.314 e. The fourth-order valence-corrected chi connectivity index (χ4v) is 1.92. The number of rotatable bonds is 3. The third-order valence-electron chi connectivity index (χ3n) is 3.14. The summed E-state index contributed by atoms with van der Waals surface area (Å²) in [5, 5.41) is 9.09. The number of carboxylic acids is 1. The number of aliphatic carboxylic acids is 1. The minimum atomic E-state index is -0.857. The molecule has 0 saturated heterocycles. The quantitative estimate of drug-likeness (QED) is 0.852. The highest BCUT2D eigenvalue weighted by Crippen LogP contribution is 2.48. The van der Waals surface area contributed by atoms with Crippen LogP contribution in [-0.2, 0) is 10.2 Å². The predicted molar refractivity (Wildman–Crippen MR) is 59.3 cm³/mol. The number of halogens is 1. The van der Waals surface area contributed by atoms with E-state index in [1.165, 1.54) is 6.07 Å². The summed E-state index contributed by atoms with van der Waals surface area (Å²) in [6, 6.07) is 4.68. The summed E-state index contributed by atoms with van der Waals surface area (Å²) in [5.74, 6) is -1.22. The molecule has 1 fully saturated rings. The topological polar surface area (TPSA) is 40.5 Å². The molecule has 1 aliphatic rings. The van der Waals surface area contributed by atoms with Crippen LogP contribution >= 0.6 is 0 Å². The number of carboxylic acid groups (broad SMARTS) is 1. The van der Waals surface area contributed by atoms with Crippen molar-refractivity contribution < 1.29 is 14.3 Å². The largest absolute Gasteiger partial charge is 0.481 e. The van der Waals surface area contributed by atoms with Gasteiger partial charge in [-0.1, -0.05) is 6.07 Å². The van der Waals surface area contributed by atoms with Crippen molar-refractivity contribution in [3.8, 4) is 0 Å². The Balaban J connectivity index is 2.39. The van der Waals surface area contributed by atoms with Crippen LogP contribution in [0.3, 0.4) is 0 Å². The highest BCUT2D eigenvalue weighted by Gasteiger charge is 2.51. The molecule has 0 amide bonds. The van der Waals surface area contributed by atoms with Crippen LogP contribution in [0, 0.1) is 5.82 Å². The molecule has 0 radical (unpaired) electrons. The Morgan fingerprint density at radius 1 is 1.44 bits per heavy atom. The third-order valence-corrected chi connectivity index (χ3v) is 3.14. The summed E-state index contributed by atoms with van der Waals surface area (Å²) >= 11 is 0. The van der Waals surface area contributed by atoms with Gasteiger partial charge in [-0.3, -0.25) is 4.79 Å². The van der Waals surface area contributed by atoms with E-state index < -0.39 is 11.4 Å². The van der Waals surface area contributed by atoms with Crippen molar-refractivity contribution in [3.63, 3.8) is 0 Å². The molecule has 2 rings (SSSR count). The summed E-state index contributed by atoms with van der Waals surface area (Å²) in [6.45, 7) is 0. The number of hydrogen-bond donors (Lipinski definition) is 1. The second-order valence-electron chi connectivity index (χ2n) is 4.45. The highest BCUT2D eigenvalue weighted by molar-refractivity contribution is 5.85. The Bertz CT molecular complexity index is 439. The summed E-state index contributed by atoms with van der Waals surface area (Å²) in [4.78, 5) is 12.7. The van der Waals surface area contributed by atoms with Gasteiger partial charge >= 0.3 is 5.97 Å². The normalized spacial score (nSPS) is 16.9. The molecule has 0 bridgehead atoms. The van der Waals surface area contributed by atoms with Crippen molar-refractivity contribution in [1.82, 2.24) is 0 Å². The van der Waals surface area contributed by atoms with Crippen molar-refractivity contribution >= 4 is 11.7 Å². The van der Waals surface area contributed by atoms with Gasteiger partial charge in [0.25, 0.3) is 0 Å². The molecule has 0 heterocycles. The molecule has 1 aromatic rings. The van der Waals surface area contributed by atoms with Crippen molar-refractivity contribution in [2.24, 2.45) is 0 Å². The van der Waals surface area contributed by atoms with Gasteiger partial charge in [0, 0.05) is 14.1 Å². The van der Waals surface area contributed by atoms with Crippen LogP contribution in [0.5, 0.6) is 0 Å². The molecule has 1 saturated carbocycles. The van der Waals surface area contributed by atoms with Crippen LogP contribution in [0.1, 0.15) is 18.4 Å². The minimum absolute atomic E-state index is 0.366. The molecule has 4 heteroatoms. The van der Waals surface area contributed by atoms with Gasteiger partial charge in [-0.25, -0.2) is 4.39 Å². The van der Waals surface area contributed by atoms with Gasteiger partial charge in [0.2, 0.25) is 0 Å². The fourth-order valence-electron chi connectivity index (χ4n) is 1.92. The SMILES string of the molecule is CN(C)c1ccc(C2(C(=O)O)CC2)cc1F. The zero-order valence-electron chi connectivity index (χ0n) is 9.33. The van der Waals surface area contributed by atoms with Gasteiger partial charge in [-0.05, 0) is 30.5 Å². The molecule has 3 nitrogen and oxygen atoms in total. The lowest BCUT2D eigenvalue weighted by Crippen LogP contribution is -2.20. The summed E-state index contributed by atoms with van der Waals surface area (Å²) in [5.41, 5.74) is 0.221. The van der Waals surface area contributed by atoms with Gasteiger partial charge < -0.3 is 10.0 Å². The van der Waals surface area contributed by atoms with Crippen molar-refractivity contribution in [2.75, 3.05) is 19.0 Å². The third kappa shape index (κ3) is 1.54. The molecule has 16 heavy (non-hydrogen) atoms. The average Bonchev–Trinajstić information content (AvgIpc) is 2.97. The Hall–Kier alpha value is -1.58. The van der Waals surface area contributed by atoms with Crippen molar-refractivity contribution in [2.45, 2.75) is 18.3 Å². The summed E-state index contributed by atoms with van der Waals surface area (Å²) < 4.78 is 13.7. The Morgan fingerprint density at radius 3 is 2.44 bits per heavy atom. The first kappa shape index (κ1) is 10.9. The van der Waals surface area contributed by atoms with Gasteiger partial charge in [-0.2, -0.15) is 0 Å². The van der Waals surface area contributed by atoms with Gasteiger partial charge in [0.05, 0.1) is 11.1 Å². The first-order valence-corrected chi connectivity index (χ1v) is 5.18. The van der Waals surface area contributed by atoms with Crippen molar-refractivity contribution in [3.05, 3.63) is 29.6 Å². The van der Waals surface area contributed by atoms with Crippen LogP contribution in [0.4, 0.5) is 10.1 Å². The van der Waals surface area contributed by atoms with Gasteiger partial charge in [-0.15, -0.1) is 0 Å². The fraction of sp³-hybridized carbons (Fsp3) is 0.417. The second kappa shape index (κ2) is 3.47. The highest BCUT2D eigenvalue weighted by atomic mass is 19.1. The predicted octanol–water partition coefficient (Wildman–Crippen LogP) is 2.01. The van der Waals surface area contributed by atoms with Crippen LogP contribution in [0.25, 0.3) is 0 Å². The molecule has 0 atom stereocenters. The second-order valence-corrected chi connectivity index (χ2v) is 4.45. The van der Waals surface area contributed by atoms with Gasteiger partial charge in [0.15, 0.2) is 0 Å². The monoisotopic (exact) mass is 223 g/mol. The maximum Gasteiger partial charge on any atom is 0.314 e. The molecule has 0 aliphatic heterocycles. The van der Waals surface area contributed by atoms with E-state index in [9.17, 15) is 9.18 Å². The van der Waals surface area contributed by atoms with E-state index in [4.69, 9.17) is 5.11 Å². The van der Waals surface area contributed by atoms with Crippen LogP contribution < -0.4 is 4.90 Å². The van der Waals surface area contributed by atoms with Gasteiger partial charge in [0.1, 0.15) is 5.82 Å². The zero-order chi connectivity index (χ0) is 11.9. The maximum absolute atomic E-state index is 13.7. The Morgan fingerprint density at radius 2 is 2.06 bits per heavy atom. The summed E-state index contributed by atoms with van der Waals surface area (Å²) in [6.07, 6.45) is 1.20. The zero-order valence-corrected chi connectivity index (χ0v) is 9.33. The van der Waals surface area contributed by atoms with E-state index in [-0.39, 0.29) is 5.82 Å². The van der Waals surface area contributed by atoms with E-state index in [0.717, 1.165) is 0 Å².